The van der Waals surface area contributed by atoms with Crippen LogP contribution in [0.1, 0.15) is 19.3 Å². The van der Waals surface area contributed by atoms with Gasteiger partial charge in [-0.15, -0.1) is 0 Å². The summed E-state index contributed by atoms with van der Waals surface area (Å²) in [6, 6.07) is -0.355. The van der Waals surface area contributed by atoms with E-state index in [9.17, 15) is 9.59 Å². The number of imide groups is 1. The van der Waals surface area contributed by atoms with Crippen LogP contribution in [0.2, 0.25) is 0 Å². The van der Waals surface area contributed by atoms with Crippen molar-refractivity contribution in [1.29, 1.82) is 0 Å². The predicted molar refractivity (Wildman–Crippen MR) is 46.1 cm³/mol. The Morgan fingerprint density at radius 3 is 2.69 bits per heavy atom. The van der Waals surface area contributed by atoms with E-state index in [-0.39, 0.29) is 11.9 Å². The standard InChI is InChI=1S/C8H13N3O2/c12-6-8(11-7(13)10-6)2-1-4-9-5-3-8/h9H,1-5H2,(H2,10,11,12,13). The van der Waals surface area contributed by atoms with Crippen molar-refractivity contribution in [2.45, 2.75) is 24.8 Å². The fourth-order valence-corrected chi connectivity index (χ4v) is 1.95. The molecule has 2 aliphatic heterocycles. The molecule has 0 aromatic rings. The minimum Gasteiger partial charge on any atom is -0.323 e. The van der Waals surface area contributed by atoms with E-state index in [2.05, 4.69) is 16.0 Å². The van der Waals surface area contributed by atoms with Gasteiger partial charge < -0.3 is 10.6 Å². The molecule has 1 atom stereocenters. The van der Waals surface area contributed by atoms with Gasteiger partial charge in [-0.05, 0) is 32.4 Å². The third-order valence-electron chi connectivity index (χ3n) is 2.70. The summed E-state index contributed by atoms with van der Waals surface area (Å²) in [6.45, 7) is 1.71. The lowest BCUT2D eigenvalue weighted by Gasteiger charge is -2.22. The first-order valence-electron chi connectivity index (χ1n) is 4.57. The van der Waals surface area contributed by atoms with Gasteiger partial charge in [-0.25, -0.2) is 4.79 Å². The van der Waals surface area contributed by atoms with Crippen molar-refractivity contribution in [1.82, 2.24) is 16.0 Å². The summed E-state index contributed by atoms with van der Waals surface area (Å²) in [5.41, 5.74) is -0.624. The Labute approximate surface area is 76.3 Å². The number of hydrogen-bond donors (Lipinski definition) is 3. The molecule has 0 radical (unpaired) electrons. The van der Waals surface area contributed by atoms with Gasteiger partial charge in [-0.2, -0.15) is 0 Å². The van der Waals surface area contributed by atoms with Gasteiger partial charge in [0, 0.05) is 0 Å². The van der Waals surface area contributed by atoms with Crippen LogP contribution >= 0.6 is 0 Å². The van der Waals surface area contributed by atoms with E-state index in [0.29, 0.717) is 6.42 Å². The van der Waals surface area contributed by atoms with Crippen molar-refractivity contribution >= 4 is 11.9 Å². The zero-order chi connectivity index (χ0) is 9.31. The van der Waals surface area contributed by atoms with Crippen molar-refractivity contribution in [3.63, 3.8) is 0 Å². The molecular weight excluding hydrogens is 170 g/mol. The normalized spacial score (nSPS) is 34.2. The van der Waals surface area contributed by atoms with Gasteiger partial charge in [-0.3, -0.25) is 10.1 Å². The molecule has 1 unspecified atom stereocenters. The maximum atomic E-state index is 11.5. The molecule has 1 spiro atoms. The van der Waals surface area contributed by atoms with Crippen LogP contribution in [-0.4, -0.2) is 30.6 Å². The highest BCUT2D eigenvalue weighted by atomic mass is 16.2. The lowest BCUT2D eigenvalue weighted by atomic mass is 9.91. The number of rotatable bonds is 0. The fourth-order valence-electron chi connectivity index (χ4n) is 1.95. The van der Waals surface area contributed by atoms with Crippen LogP contribution < -0.4 is 16.0 Å². The molecule has 13 heavy (non-hydrogen) atoms. The van der Waals surface area contributed by atoms with Gasteiger partial charge >= 0.3 is 6.03 Å². The Hall–Kier alpha value is -1.10. The van der Waals surface area contributed by atoms with E-state index in [1.54, 1.807) is 0 Å². The van der Waals surface area contributed by atoms with Crippen LogP contribution in [-0.2, 0) is 4.79 Å². The molecule has 0 aliphatic carbocycles. The summed E-state index contributed by atoms with van der Waals surface area (Å²) < 4.78 is 0. The molecule has 3 N–H and O–H groups in total. The number of urea groups is 1. The molecule has 2 fully saturated rings. The first kappa shape index (κ1) is 8.50. The maximum Gasteiger partial charge on any atom is 0.322 e. The Bertz CT molecular complexity index is 244. The highest BCUT2D eigenvalue weighted by Crippen LogP contribution is 2.22. The van der Waals surface area contributed by atoms with Crippen LogP contribution in [0.15, 0.2) is 0 Å². The Morgan fingerprint density at radius 2 is 2.00 bits per heavy atom. The van der Waals surface area contributed by atoms with E-state index < -0.39 is 5.54 Å². The average molecular weight is 183 g/mol. The van der Waals surface area contributed by atoms with Crippen LogP contribution in [0.25, 0.3) is 0 Å². The predicted octanol–water partition coefficient (Wildman–Crippen LogP) is -0.662. The topological polar surface area (TPSA) is 70.2 Å². The van der Waals surface area contributed by atoms with Crippen molar-refractivity contribution in [2.24, 2.45) is 0 Å². The quantitative estimate of drug-likeness (QED) is 0.436. The van der Waals surface area contributed by atoms with E-state index in [1.807, 2.05) is 0 Å². The minimum atomic E-state index is -0.624. The van der Waals surface area contributed by atoms with Crippen molar-refractivity contribution in [2.75, 3.05) is 13.1 Å². The lowest BCUT2D eigenvalue weighted by molar-refractivity contribution is -0.124. The number of amides is 3. The smallest absolute Gasteiger partial charge is 0.322 e. The number of carbonyl (C=O) groups excluding carboxylic acids is 2. The van der Waals surface area contributed by atoms with E-state index in [4.69, 9.17) is 0 Å². The molecule has 0 saturated carbocycles. The summed E-state index contributed by atoms with van der Waals surface area (Å²) in [6.07, 6.45) is 2.34. The van der Waals surface area contributed by atoms with E-state index in [1.165, 1.54) is 0 Å². The maximum absolute atomic E-state index is 11.5. The van der Waals surface area contributed by atoms with E-state index in [0.717, 1.165) is 25.9 Å². The Morgan fingerprint density at radius 1 is 1.15 bits per heavy atom. The van der Waals surface area contributed by atoms with Gasteiger partial charge in [0.05, 0.1) is 0 Å². The zero-order valence-corrected chi connectivity index (χ0v) is 7.35. The molecule has 5 heteroatoms. The van der Waals surface area contributed by atoms with Crippen molar-refractivity contribution in [3.8, 4) is 0 Å². The number of nitrogens with one attached hydrogen (secondary N) is 3. The van der Waals surface area contributed by atoms with Crippen LogP contribution in [0, 0.1) is 0 Å². The van der Waals surface area contributed by atoms with Crippen molar-refractivity contribution in [3.05, 3.63) is 0 Å². The van der Waals surface area contributed by atoms with Crippen LogP contribution in [0.3, 0.4) is 0 Å². The minimum absolute atomic E-state index is 0.166. The first-order valence-corrected chi connectivity index (χ1v) is 4.57. The molecule has 2 heterocycles. The highest BCUT2D eigenvalue weighted by Gasteiger charge is 2.45. The molecule has 3 amide bonds. The Balaban J connectivity index is 2.17. The third kappa shape index (κ3) is 1.39. The van der Waals surface area contributed by atoms with Gasteiger partial charge in [-0.1, -0.05) is 0 Å². The largest absolute Gasteiger partial charge is 0.323 e. The van der Waals surface area contributed by atoms with Gasteiger partial charge in [0.25, 0.3) is 5.91 Å². The van der Waals surface area contributed by atoms with Crippen molar-refractivity contribution < 1.29 is 9.59 Å². The highest BCUT2D eigenvalue weighted by molar-refractivity contribution is 6.07. The molecule has 0 bridgehead atoms. The number of carbonyl (C=O) groups is 2. The van der Waals surface area contributed by atoms with Gasteiger partial charge in [0.1, 0.15) is 5.54 Å². The van der Waals surface area contributed by atoms with E-state index >= 15 is 0 Å². The summed E-state index contributed by atoms with van der Waals surface area (Å²) in [4.78, 5) is 22.5. The second kappa shape index (κ2) is 2.99. The fraction of sp³-hybridized carbons (Fsp3) is 0.750. The third-order valence-corrected chi connectivity index (χ3v) is 2.70. The molecule has 2 aliphatic rings. The first-order chi connectivity index (χ1) is 6.23. The summed E-state index contributed by atoms with van der Waals surface area (Å²) in [5, 5.41) is 8.21. The molecule has 5 nitrogen and oxygen atoms in total. The molecule has 0 aromatic heterocycles. The zero-order valence-electron chi connectivity index (χ0n) is 7.35. The van der Waals surface area contributed by atoms with Gasteiger partial charge in [0.15, 0.2) is 0 Å². The number of hydrogen-bond acceptors (Lipinski definition) is 3. The summed E-state index contributed by atoms with van der Waals surface area (Å²) in [7, 11) is 0. The summed E-state index contributed by atoms with van der Waals surface area (Å²) in [5.74, 6) is -0.166. The van der Waals surface area contributed by atoms with Gasteiger partial charge in [0.2, 0.25) is 0 Å². The monoisotopic (exact) mass is 183 g/mol. The Kier molecular flexibility index (Phi) is 1.95. The second-order valence-electron chi connectivity index (χ2n) is 3.59. The molecular formula is C8H13N3O2. The second-order valence-corrected chi connectivity index (χ2v) is 3.59. The summed E-state index contributed by atoms with van der Waals surface area (Å²) >= 11 is 0. The van der Waals surface area contributed by atoms with Crippen LogP contribution in [0.4, 0.5) is 4.79 Å². The molecule has 2 rings (SSSR count). The molecule has 2 saturated heterocycles. The van der Waals surface area contributed by atoms with Crippen LogP contribution in [0.5, 0.6) is 0 Å². The SMILES string of the molecule is O=C1NC(=O)C2(CCCNCC2)N1. The molecule has 0 aromatic carbocycles. The molecule has 72 valence electrons. The average Bonchev–Trinajstić information content (AvgIpc) is 2.29. The lowest BCUT2D eigenvalue weighted by Crippen LogP contribution is -2.47.